The molecule has 0 bridgehead atoms. The molecule has 17 heavy (non-hydrogen) atoms. The molecule has 4 nitrogen and oxygen atoms in total. The van der Waals surface area contributed by atoms with E-state index in [1.54, 1.807) is 14.2 Å². The summed E-state index contributed by atoms with van der Waals surface area (Å²) >= 11 is 3.45. The quantitative estimate of drug-likeness (QED) is 0.622. The molecule has 0 spiro atoms. The summed E-state index contributed by atoms with van der Waals surface area (Å²) in [6.07, 6.45) is 0.775. The van der Waals surface area contributed by atoms with Crippen molar-refractivity contribution in [3.63, 3.8) is 0 Å². The highest BCUT2D eigenvalue weighted by molar-refractivity contribution is 9.10. The van der Waals surface area contributed by atoms with Gasteiger partial charge in [-0.1, -0.05) is 15.9 Å². The van der Waals surface area contributed by atoms with Crippen LogP contribution in [-0.2, 0) is 11.2 Å². The van der Waals surface area contributed by atoms with Gasteiger partial charge in [-0.25, -0.2) is 0 Å². The van der Waals surface area contributed by atoms with Crippen molar-refractivity contribution in [1.29, 1.82) is 0 Å². The standard InChI is InChI=1S/C12H19BrN2O2/c1-8(16-2)11(15-14)7-9-6-10(13)4-5-12(9)17-3/h4-6,8,11,15H,7,14H2,1-3H3. The monoisotopic (exact) mass is 302 g/mol. The largest absolute Gasteiger partial charge is 0.496 e. The van der Waals surface area contributed by atoms with Crippen LogP contribution in [0.15, 0.2) is 22.7 Å². The van der Waals surface area contributed by atoms with Crippen molar-refractivity contribution in [2.24, 2.45) is 5.84 Å². The second kappa shape index (κ2) is 6.96. The molecule has 1 aromatic carbocycles. The Bertz CT molecular complexity index is 360. The minimum absolute atomic E-state index is 0.0312. The lowest BCUT2D eigenvalue weighted by Crippen LogP contribution is -2.45. The van der Waals surface area contributed by atoms with E-state index in [9.17, 15) is 0 Å². The van der Waals surface area contributed by atoms with Crippen molar-refractivity contribution >= 4 is 15.9 Å². The molecule has 2 unspecified atom stereocenters. The number of nitrogens with two attached hydrogens (primary N) is 1. The average molecular weight is 303 g/mol. The molecule has 96 valence electrons. The predicted molar refractivity (Wildman–Crippen MR) is 72.0 cm³/mol. The second-order valence-electron chi connectivity index (χ2n) is 3.87. The maximum Gasteiger partial charge on any atom is 0.122 e. The lowest BCUT2D eigenvalue weighted by atomic mass is 10.0. The lowest BCUT2D eigenvalue weighted by molar-refractivity contribution is 0.0829. The van der Waals surface area contributed by atoms with E-state index >= 15 is 0 Å². The zero-order chi connectivity index (χ0) is 12.8. The highest BCUT2D eigenvalue weighted by Crippen LogP contribution is 2.24. The van der Waals surface area contributed by atoms with Crippen LogP contribution in [0.3, 0.4) is 0 Å². The third-order valence-corrected chi connectivity index (χ3v) is 3.33. The van der Waals surface area contributed by atoms with Crippen LogP contribution in [0.5, 0.6) is 5.75 Å². The average Bonchev–Trinajstić information content (AvgIpc) is 2.35. The van der Waals surface area contributed by atoms with Crippen molar-refractivity contribution in [3.8, 4) is 5.75 Å². The van der Waals surface area contributed by atoms with Gasteiger partial charge in [0.2, 0.25) is 0 Å². The predicted octanol–water partition coefficient (Wildman–Crippen LogP) is 1.87. The van der Waals surface area contributed by atoms with Crippen LogP contribution in [0.2, 0.25) is 0 Å². The molecule has 1 rings (SSSR count). The van der Waals surface area contributed by atoms with Gasteiger partial charge in [0, 0.05) is 11.6 Å². The molecule has 0 aromatic heterocycles. The number of hydrogen-bond donors (Lipinski definition) is 2. The highest BCUT2D eigenvalue weighted by atomic mass is 79.9. The number of hydrazine groups is 1. The maximum atomic E-state index is 5.54. The normalized spacial score (nSPS) is 14.4. The van der Waals surface area contributed by atoms with E-state index < -0.39 is 0 Å². The van der Waals surface area contributed by atoms with Crippen LogP contribution >= 0.6 is 15.9 Å². The summed E-state index contributed by atoms with van der Waals surface area (Å²) in [6, 6.07) is 5.96. The first kappa shape index (κ1) is 14.4. The van der Waals surface area contributed by atoms with Crippen molar-refractivity contribution in [1.82, 2.24) is 5.43 Å². The fraction of sp³-hybridized carbons (Fsp3) is 0.500. The van der Waals surface area contributed by atoms with E-state index in [4.69, 9.17) is 15.3 Å². The van der Waals surface area contributed by atoms with Gasteiger partial charge in [-0.2, -0.15) is 0 Å². The van der Waals surface area contributed by atoms with E-state index in [1.165, 1.54) is 0 Å². The minimum Gasteiger partial charge on any atom is -0.496 e. The van der Waals surface area contributed by atoms with Crippen molar-refractivity contribution in [2.75, 3.05) is 14.2 Å². The molecule has 2 atom stereocenters. The topological polar surface area (TPSA) is 56.5 Å². The number of halogens is 1. The first-order valence-electron chi connectivity index (χ1n) is 5.43. The molecule has 0 saturated carbocycles. The van der Waals surface area contributed by atoms with Crippen LogP contribution in [0.4, 0.5) is 0 Å². The number of ether oxygens (including phenoxy) is 2. The first-order chi connectivity index (χ1) is 8.12. The number of methoxy groups -OCH3 is 2. The summed E-state index contributed by atoms with van der Waals surface area (Å²) in [5, 5.41) is 0. The smallest absolute Gasteiger partial charge is 0.122 e. The molecule has 0 radical (unpaired) electrons. The van der Waals surface area contributed by atoms with Crippen LogP contribution < -0.4 is 16.0 Å². The second-order valence-corrected chi connectivity index (χ2v) is 4.79. The summed E-state index contributed by atoms with van der Waals surface area (Å²) in [6.45, 7) is 1.98. The molecule has 3 N–H and O–H groups in total. The van der Waals surface area contributed by atoms with E-state index in [2.05, 4.69) is 21.4 Å². The number of hydrogen-bond acceptors (Lipinski definition) is 4. The fourth-order valence-corrected chi connectivity index (χ4v) is 2.08. The Kier molecular flexibility index (Phi) is 5.91. The molecule has 1 aromatic rings. The van der Waals surface area contributed by atoms with E-state index in [0.29, 0.717) is 0 Å². The van der Waals surface area contributed by atoms with Gasteiger partial charge in [0.05, 0.1) is 19.3 Å². The van der Waals surface area contributed by atoms with Crippen molar-refractivity contribution < 1.29 is 9.47 Å². The molecule has 0 aliphatic rings. The summed E-state index contributed by atoms with van der Waals surface area (Å²) < 4.78 is 11.6. The van der Waals surface area contributed by atoms with Crippen molar-refractivity contribution in [3.05, 3.63) is 28.2 Å². The maximum absolute atomic E-state index is 5.54. The van der Waals surface area contributed by atoms with E-state index in [-0.39, 0.29) is 12.1 Å². The van der Waals surface area contributed by atoms with Gasteiger partial charge in [-0.05, 0) is 37.1 Å². The van der Waals surface area contributed by atoms with E-state index in [0.717, 1.165) is 22.2 Å². The zero-order valence-corrected chi connectivity index (χ0v) is 12.0. The first-order valence-corrected chi connectivity index (χ1v) is 6.23. The highest BCUT2D eigenvalue weighted by Gasteiger charge is 2.17. The van der Waals surface area contributed by atoms with Gasteiger partial charge in [-0.3, -0.25) is 11.3 Å². The van der Waals surface area contributed by atoms with Crippen molar-refractivity contribution in [2.45, 2.75) is 25.5 Å². The lowest BCUT2D eigenvalue weighted by Gasteiger charge is -2.23. The number of nitrogens with one attached hydrogen (secondary N) is 1. The Balaban J connectivity index is 2.88. The summed E-state index contributed by atoms with van der Waals surface area (Å²) in [5.41, 5.74) is 3.87. The third-order valence-electron chi connectivity index (χ3n) is 2.83. The summed E-state index contributed by atoms with van der Waals surface area (Å²) in [5.74, 6) is 6.40. The van der Waals surface area contributed by atoms with Gasteiger partial charge in [-0.15, -0.1) is 0 Å². The van der Waals surface area contributed by atoms with Crippen LogP contribution in [0.1, 0.15) is 12.5 Å². The Morgan fingerprint density at radius 2 is 2.12 bits per heavy atom. The Morgan fingerprint density at radius 3 is 2.65 bits per heavy atom. The van der Waals surface area contributed by atoms with Crippen LogP contribution in [0.25, 0.3) is 0 Å². The number of rotatable bonds is 6. The summed E-state index contributed by atoms with van der Waals surface area (Å²) in [7, 11) is 3.34. The molecule has 5 heteroatoms. The molecule has 0 saturated heterocycles. The zero-order valence-electron chi connectivity index (χ0n) is 10.4. The van der Waals surface area contributed by atoms with Gasteiger partial charge in [0.1, 0.15) is 5.75 Å². The molecular weight excluding hydrogens is 284 g/mol. The van der Waals surface area contributed by atoms with Gasteiger partial charge in [0.15, 0.2) is 0 Å². The summed E-state index contributed by atoms with van der Waals surface area (Å²) in [4.78, 5) is 0. The van der Waals surface area contributed by atoms with Gasteiger partial charge in [0.25, 0.3) is 0 Å². The Hall–Kier alpha value is -0.620. The Labute approximate surface area is 111 Å². The van der Waals surface area contributed by atoms with E-state index in [1.807, 2.05) is 25.1 Å². The third kappa shape index (κ3) is 3.96. The minimum atomic E-state index is 0.0312. The SMILES string of the molecule is COc1ccc(Br)cc1CC(NN)C(C)OC. The van der Waals surface area contributed by atoms with Crippen LogP contribution in [-0.4, -0.2) is 26.4 Å². The molecule has 0 fully saturated rings. The number of benzene rings is 1. The van der Waals surface area contributed by atoms with Gasteiger partial charge < -0.3 is 9.47 Å². The van der Waals surface area contributed by atoms with Crippen LogP contribution in [0, 0.1) is 0 Å². The Morgan fingerprint density at radius 1 is 1.41 bits per heavy atom. The molecule has 0 heterocycles. The van der Waals surface area contributed by atoms with Gasteiger partial charge >= 0.3 is 0 Å². The fourth-order valence-electron chi connectivity index (χ4n) is 1.67. The molecule has 0 aliphatic carbocycles. The molecular formula is C12H19BrN2O2. The molecule has 0 amide bonds. The molecule has 0 aliphatic heterocycles.